The molecule has 1 saturated carbocycles. The van der Waals surface area contributed by atoms with Crippen molar-refractivity contribution in [2.45, 2.75) is 38.3 Å². The van der Waals surface area contributed by atoms with Crippen molar-refractivity contribution >= 4 is 11.7 Å². The minimum atomic E-state index is -0.358. The zero-order valence-electron chi connectivity index (χ0n) is 11.0. The maximum absolute atomic E-state index is 12.1. The molecule has 2 aliphatic rings. The molecular weight excluding hydrogens is 242 g/mol. The van der Waals surface area contributed by atoms with E-state index < -0.39 is 0 Å². The molecule has 0 bridgehead atoms. The number of carbonyl (C=O) groups excluding carboxylic acids is 2. The highest BCUT2D eigenvalue weighted by molar-refractivity contribution is 5.94. The van der Waals surface area contributed by atoms with Gasteiger partial charge in [-0.1, -0.05) is 0 Å². The second-order valence-electron chi connectivity index (χ2n) is 5.24. The van der Waals surface area contributed by atoms with Gasteiger partial charge in [0.2, 0.25) is 0 Å². The van der Waals surface area contributed by atoms with E-state index in [9.17, 15) is 9.59 Å². The highest BCUT2D eigenvalue weighted by Crippen LogP contribution is 2.31. The average molecular weight is 259 g/mol. The van der Waals surface area contributed by atoms with Crippen molar-refractivity contribution in [2.24, 2.45) is 0 Å². The van der Waals surface area contributed by atoms with E-state index in [1.807, 2.05) is 4.90 Å². The predicted octanol–water partition coefficient (Wildman–Crippen LogP) is 2.03. The Bertz CT molecular complexity index is 505. The molecule has 1 aromatic carbocycles. The third kappa shape index (κ3) is 2.48. The molecular formula is C15H17NO3. The van der Waals surface area contributed by atoms with Gasteiger partial charge in [0, 0.05) is 24.6 Å². The van der Waals surface area contributed by atoms with Crippen LogP contribution in [0.1, 0.15) is 36.5 Å². The lowest BCUT2D eigenvalue weighted by atomic mass is 10.1. The van der Waals surface area contributed by atoms with E-state index >= 15 is 0 Å². The largest absolute Gasteiger partial charge is 0.481 e. The SMILES string of the molecule is CC(=O)c1ccc(O[C@H]2CCN(C3CC3)C2=O)cc1. The first-order valence-electron chi connectivity index (χ1n) is 6.73. The van der Waals surface area contributed by atoms with Crippen molar-refractivity contribution in [2.75, 3.05) is 6.54 Å². The number of benzene rings is 1. The lowest BCUT2D eigenvalue weighted by molar-refractivity contribution is -0.133. The Hall–Kier alpha value is -1.84. The van der Waals surface area contributed by atoms with Gasteiger partial charge in [-0.05, 0) is 44.0 Å². The molecule has 1 saturated heterocycles. The van der Waals surface area contributed by atoms with E-state index in [4.69, 9.17) is 4.74 Å². The van der Waals surface area contributed by atoms with Gasteiger partial charge >= 0.3 is 0 Å². The topological polar surface area (TPSA) is 46.6 Å². The molecule has 4 nitrogen and oxygen atoms in total. The number of likely N-dealkylation sites (tertiary alicyclic amines) is 1. The summed E-state index contributed by atoms with van der Waals surface area (Å²) < 4.78 is 5.73. The summed E-state index contributed by atoms with van der Waals surface area (Å²) in [5.41, 5.74) is 0.657. The molecule has 0 radical (unpaired) electrons. The van der Waals surface area contributed by atoms with Gasteiger partial charge in [0.05, 0.1) is 0 Å². The van der Waals surface area contributed by atoms with Crippen molar-refractivity contribution in [1.29, 1.82) is 0 Å². The first kappa shape index (κ1) is 12.2. The predicted molar refractivity (Wildman–Crippen MR) is 70.2 cm³/mol. The van der Waals surface area contributed by atoms with Crippen LogP contribution >= 0.6 is 0 Å². The molecule has 1 heterocycles. The smallest absolute Gasteiger partial charge is 0.263 e. The second-order valence-corrected chi connectivity index (χ2v) is 5.24. The lowest BCUT2D eigenvalue weighted by Crippen LogP contribution is -2.33. The molecule has 1 aliphatic carbocycles. The first-order valence-corrected chi connectivity index (χ1v) is 6.73. The molecule has 2 fully saturated rings. The molecule has 19 heavy (non-hydrogen) atoms. The molecule has 0 aromatic heterocycles. The van der Waals surface area contributed by atoms with Crippen LogP contribution in [-0.4, -0.2) is 35.3 Å². The first-order chi connectivity index (χ1) is 9.15. The number of rotatable bonds is 4. The molecule has 0 N–H and O–H groups in total. The van der Waals surface area contributed by atoms with Crippen LogP contribution in [0.4, 0.5) is 0 Å². The van der Waals surface area contributed by atoms with Crippen molar-refractivity contribution in [3.05, 3.63) is 29.8 Å². The summed E-state index contributed by atoms with van der Waals surface area (Å²) in [7, 11) is 0. The highest BCUT2D eigenvalue weighted by atomic mass is 16.5. The lowest BCUT2D eigenvalue weighted by Gasteiger charge is -2.16. The van der Waals surface area contributed by atoms with Gasteiger partial charge in [0.15, 0.2) is 11.9 Å². The van der Waals surface area contributed by atoms with Gasteiger partial charge in [-0.3, -0.25) is 9.59 Å². The Kier molecular flexibility index (Phi) is 3.01. The fourth-order valence-corrected chi connectivity index (χ4v) is 2.47. The third-order valence-electron chi connectivity index (χ3n) is 3.72. The maximum atomic E-state index is 12.1. The minimum absolute atomic E-state index is 0.0309. The molecule has 4 heteroatoms. The van der Waals surface area contributed by atoms with E-state index in [0.717, 1.165) is 25.8 Å². The number of amides is 1. The standard InChI is InChI=1S/C15H17NO3/c1-10(17)11-2-6-13(7-3-11)19-14-8-9-16(15(14)18)12-4-5-12/h2-3,6-7,12,14H,4-5,8-9H2,1H3/t14-/m0/s1. The van der Waals surface area contributed by atoms with E-state index in [0.29, 0.717) is 17.4 Å². The molecule has 100 valence electrons. The van der Waals surface area contributed by atoms with E-state index in [1.165, 1.54) is 6.92 Å². The van der Waals surface area contributed by atoms with Crippen LogP contribution in [0.15, 0.2) is 24.3 Å². The Morgan fingerprint density at radius 3 is 2.47 bits per heavy atom. The number of ketones is 1. The quantitative estimate of drug-likeness (QED) is 0.777. The molecule has 3 rings (SSSR count). The van der Waals surface area contributed by atoms with Crippen molar-refractivity contribution in [3.8, 4) is 5.75 Å². The molecule has 1 amide bonds. The fraction of sp³-hybridized carbons (Fsp3) is 0.467. The number of Topliss-reactive ketones (excluding diaryl/α,β-unsaturated/α-hetero) is 1. The van der Waals surface area contributed by atoms with Gasteiger partial charge in [-0.25, -0.2) is 0 Å². The summed E-state index contributed by atoms with van der Waals surface area (Å²) in [6, 6.07) is 7.43. The Morgan fingerprint density at radius 2 is 1.89 bits per heavy atom. The molecule has 1 aromatic rings. The number of hydrogen-bond acceptors (Lipinski definition) is 3. The van der Waals surface area contributed by atoms with Gasteiger partial charge in [0.1, 0.15) is 5.75 Å². The Morgan fingerprint density at radius 1 is 1.21 bits per heavy atom. The van der Waals surface area contributed by atoms with Crippen LogP contribution in [0, 0.1) is 0 Å². The summed E-state index contributed by atoms with van der Waals surface area (Å²) in [6.07, 6.45) is 2.66. The molecule has 0 spiro atoms. The Labute approximate surface area is 112 Å². The van der Waals surface area contributed by atoms with Gasteiger partial charge < -0.3 is 9.64 Å². The van der Waals surface area contributed by atoms with Crippen molar-refractivity contribution in [3.63, 3.8) is 0 Å². The highest BCUT2D eigenvalue weighted by Gasteiger charge is 2.41. The van der Waals surface area contributed by atoms with Gasteiger partial charge in [0.25, 0.3) is 5.91 Å². The number of nitrogens with zero attached hydrogens (tertiary/aromatic N) is 1. The average Bonchev–Trinajstić information content (AvgIpc) is 3.17. The zero-order chi connectivity index (χ0) is 13.4. The number of carbonyl (C=O) groups is 2. The fourth-order valence-electron chi connectivity index (χ4n) is 2.47. The van der Waals surface area contributed by atoms with Crippen LogP contribution in [0.5, 0.6) is 5.75 Å². The van der Waals surface area contributed by atoms with Gasteiger partial charge in [-0.15, -0.1) is 0 Å². The van der Waals surface area contributed by atoms with Crippen LogP contribution in [0.2, 0.25) is 0 Å². The summed E-state index contributed by atoms with van der Waals surface area (Å²) in [4.78, 5) is 25.2. The zero-order valence-corrected chi connectivity index (χ0v) is 11.0. The Balaban J connectivity index is 1.65. The number of hydrogen-bond donors (Lipinski definition) is 0. The minimum Gasteiger partial charge on any atom is -0.481 e. The summed E-state index contributed by atoms with van der Waals surface area (Å²) in [5, 5.41) is 0. The normalized spacial score (nSPS) is 22.7. The van der Waals surface area contributed by atoms with Crippen LogP contribution in [0.3, 0.4) is 0 Å². The van der Waals surface area contributed by atoms with Crippen LogP contribution in [0.25, 0.3) is 0 Å². The van der Waals surface area contributed by atoms with E-state index in [1.54, 1.807) is 24.3 Å². The molecule has 0 unspecified atom stereocenters. The van der Waals surface area contributed by atoms with Gasteiger partial charge in [-0.2, -0.15) is 0 Å². The molecule has 1 atom stereocenters. The summed E-state index contributed by atoms with van der Waals surface area (Å²) in [5.74, 6) is 0.794. The third-order valence-corrected chi connectivity index (χ3v) is 3.72. The van der Waals surface area contributed by atoms with E-state index in [-0.39, 0.29) is 17.8 Å². The second kappa shape index (κ2) is 4.68. The van der Waals surface area contributed by atoms with E-state index in [2.05, 4.69) is 0 Å². The van der Waals surface area contributed by atoms with Crippen LogP contribution in [-0.2, 0) is 4.79 Å². The maximum Gasteiger partial charge on any atom is 0.263 e. The van der Waals surface area contributed by atoms with Crippen molar-refractivity contribution in [1.82, 2.24) is 4.90 Å². The number of ether oxygens (including phenoxy) is 1. The molecule has 1 aliphatic heterocycles. The van der Waals surface area contributed by atoms with Crippen LogP contribution < -0.4 is 4.74 Å². The van der Waals surface area contributed by atoms with Crippen molar-refractivity contribution < 1.29 is 14.3 Å². The monoisotopic (exact) mass is 259 g/mol. The summed E-state index contributed by atoms with van der Waals surface area (Å²) >= 11 is 0. The summed E-state index contributed by atoms with van der Waals surface area (Å²) in [6.45, 7) is 2.34.